The van der Waals surface area contributed by atoms with Crippen molar-refractivity contribution in [1.29, 1.82) is 0 Å². The maximum atomic E-state index is 11.7. The molecule has 1 fully saturated rings. The first-order valence-electron chi connectivity index (χ1n) is 7.29. The first-order chi connectivity index (χ1) is 9.45. The second-order valence-corrected chi connectivity index (χ2v) is 6.14. The van der Waals surface area contributed by atoms with Crippen molar-refractivity contribution >= 4 is 0 Å². The number of aromatic hydroxyl groups is 1. The maximum absolute atomic E-state index is 11.7. The smallest absolute Gasteiger partial charge is 0.223 e. The molecule has 1 aromatic heterocycles. The van der Waals surface area contributed by atoms with Crippen LogP contribution < -0.4 is 5.43 Å². The quantitative estimate of drug-likeness (QED) is 0.892. The normalized spacial score (nSPS) is 17.8. The van der Waals surface area contributed by atoms with E-state index >= 15 is 0 Å². The molecule has 0 bridgehead atoms. The molecule has 112 valence electrons. The van der Waals surface area contributed by atoms with Crippen molar-refractivity contribution in [3.63, 3.8) is 0 Å². The van der Waals surface area contributed by atoms with Crippen molar-refractivity contribution < 1.29 is 5.11 Å². The van der Waals surface area contributed by atoms with Gasteiger partial charge in [-0.25, -0.2) is 0 Å². The van der Waals surface area contributed by atoms with Crippen LogP contribution in [0.25, 0.3) is 0 Å². The van der Waals surface area contributed by atoms with Gasteiger partial charge in [-0.2, -0.15) is 0 Å². The topological polar surface area (TPSA) is 48.7 Å². The summed E-state index contributed by atoms with van der Waals surface area (Å²) in [7, 11) is 2.13. The minimum absolute atomic E-state index is 0.159. The van der Waals surface area contributed by atoms with E-state index in [1.54, 1.807) is 12.3 Å². The molecule has 2 rings (SSSR count). The molecule has 0 unspecified atom stereocenters. The fourth-order valence-corrected chi connectivity index (χ4v) is 2.54. The lowest BCUT2D eigenvalue weighted by Gasteiger charge is -2.33. The molecule has 1 aliphatic rings. The lowest BCUT2D eigenvalue weighted by atomic mass is 10.2. The Bertz CT molecular complexity index is 502. The summed E-state index contributed by atoms with van der Waals surface area (Å²) < 4.78 is 2.01. The summed E-state index contributed by atoms with van der Waals surface area (Å²) in [6, 6.07) is 1.58. The van der Waals surface area contributed by atoms with Crippen molar-refractivity contribution in [3.05, 3.63) is 28.2 Å². The zero-order valence-electron chi connectivity index (χ0n) is 12.7. The van der Waals surface area contributed by atoms with Gasteiger partial charge in [0.25, 0.3) is 0 Å². The van der Waals surface area contributed by atoms with E-state index in [4.69, 9.17) is 0 Å². The first kappa shape index (κ1) is 15.1. The predicted octanol–water partition coefficient (Wildman–Crippen LogP) is 0.957. The van der Waals surface area contributed by atoms with E-state index in [2.05, 4.69) is 30.7 Å². The van der Waals surface area contributed by atoms with E-state index in [-0.39, 0.29) is 11.2 Å². The second kappa shape index (κ2) is 6.41. The summed E-state index contributed by atoms with van der Waals surface area (Å²) in [5.41, 5.74) is 0.709. The highest BCUT2D eigenvalue weighted by atomic mass is 16.3. The van der Waals surface area contributed by atoms with Crippen LogP contribution in [0.3, 0.4) is 0 Å². The summed E-state index contributed by atoms with van der Waals surface area (Å²) in [4.78, 5) is 16.4. The zero-order chi connectivity index (χ0) is 14.7. The molecule has 1 aromatic rings. The molecular formula is C15H25N3O2. The summed E-state index contributed by atoms with van der Waals surface area (Å²) in [6.07, 6.45) is 1.58. The highest BCUT2D eigenvalue weighted by Gasteiger charge is 2.16. The number of nitrogens with zero attached hydrogens (tertiary/aromatic N) is 3. The first-order valence-corrected chi connectivity index (χ1v) is 7.29. The molecule has 20 heavy (non-hydrogen) atoms. The van der Waals surface area contributed by atoms with Crippen LogP contribution in [-0.2, 0) is 13.1 Å². The number of likely N-dealkylation sites (N-methyl/N-ethyl adjacent to an activating group) is 1. The van der Waals surface area contributed by atoms with Crippen LogP contribution in [0.4, 0.5) is 0 Å². The molecule has 1 aliphatic heterocycles. The second-order valence-electron chi connectivity index (χ2n) is 6.14. The van der Waals surface area contributed by atoms with Crippen LogP contribution in [0.2, 0.25) is 0 Å². The number of piperazine rings is 1. The number of rotatable bonds is 4. The minimum Gasteiger partial charge on any atom is -0.503 e. The van der Waals surface area contributed by atoms with Gasteiger partial charge in [0, 0.05) is 51.0 Å². The molecule has 0 aliphatic carbocycles. The number of hydrogen-bond donors (Lipinski definition) is 1. The van der Waals surface area contributed by atoms with Gasteiger partial charge in [0.2, 0.25) is 5.43 Å². The van der Waals surface area contributed by atoms with E-state index in [0.717, 1.165) is 45.0 Å². The Morgan fingerprint density at radius 3 is 2.50 bits per heavy atom. The molecule has 0 amide bonds. The van der Waals surface area contributed by atoms with E-state index in [1.165, 1.54) is 0 Å². The average molecular weight is 279 g/mol. The Morgan fingerprint density at radius 2 is 1.90 bits per heavy atom. The predicted molar refractivity (Wildman–Crippen MR) is 80.0 cm³/mol. The van der Waals surface area contributed by atoms with Gasteiger partial charge in [0.05, 0.1) is 6.20 Å². The molecule has 5 heteroatoms. The number of aromatic nitrogens is 1. The third-order valence-electron chi connectivity index (χ3n) is 3.74. The van der Waals surface area contributed by atoms with Crippen molar-refractivity contribution in [3.8, 4) is 5.75 Å². The Morgan fingerprint density at radius 1 is 1.25 bits per heavy atom. The van der Waals surface area contributed by atoms with Gasteiger partial charge < -0.3 is 14.6 Å². The van der Waals surface area contributed by atoms with Crippen LogP contribution in [0.1, 0.15) is 19.5 Å². The fourth-order valence-electron chi connectivity index (χ4n) is 2.54. The molecule has 0 radical (unpaired) electrons. The monoisotopic (exact) mass is 279 g/mol. The molecule has 0 saturated carbocycles. The molecule has 0 spiro atoms. The molecule has 1 N–H and O–H groups in total. The largest absolute Gasteiger partial charge is 0.503 e. The Balaban J connectivity index is 2.16. The average Bonchev–Trinajstić information content (AvgIpc) is 2.37. The molecule has 0 atom stereocenters. The van der Waals surface area contributed by atoms with E-state index < -0.39 is 0 Å². The van der Waals surface area contributed by atoms with Gasteiger partial charge in [-0.15, -0.1) is 0 Å². The van der Waals surface area contributed by atoms with Crippen molar-refractivity contribution in [2.75, 3.05) is 33.2 Å². The van der Waals surface area contributed by atoms with Gasteiger partial charge in [0.15, 0.2) is 5.75 Å². The standard InChI is InChI=1S/C15H25N3O2/c1-12(2)9-18-11-15(20)14(19)8-13(18)10-17-6-4-16(3)5-7-17/h8,11-12,20H,4-7,9-10H2,1-3H3. The Kier molecular flexibility index (Phi) is 4.83. The fraction of sp³-hybridized carbons (Fsp3) is 0.667. The van der Waals surface area contributed by atoms with E-state index in [0.29, 0.717) is 5.92 Å². The van der Waals surface area contributed by atoms with Gasteiger partial charge in [-0.05, 0) is 13.0 Å². The summed E-state index contributed by atoms with van der Waals surface area (Å²) >= 11 is 0. The minimum atomic E-state index is -0.283. The van der Waals surface area contributed by atoms with E-state index in [9.17, 15) is 9.90 Å². The SMILES string of the molecule is CC(C)Cn1cc(O)c(=O)cc1CN1CCN(C)CC1. The Hall–Kier alpha value is -1.33. The highest BCUT2D eigenvalue weighted by Crippen LogP contribution is 2.12. The zero-order valence-corrected chi connectivity index (χ0v) is 12.7. The van der Waals surface area contributed by atoms with Gasteiger partial charge in [-0.3, -0.25) is 9.69 Å². The van der Waals surface area contributed by atoms with Crippen molar-refractivity contribution in [1.82, 2.24) is 14.4 Å². The van der Waals surface area contributed by atoms with Crippen molar-refractivity contribution in [2.45, 2.75) is 26.9 Å². The van der Waals surface area contributed by atoms with E-state index in [1.807, 2.05) is 4.57 Å². The molecule has 2 heterocycles. The Labute approximate surface area is 120 Å². The van der Waals surface area contributed by atoms with Gasteiger partial charge in [-0.1, -0.05) is 13.8 Å². The third-order valence-corrected chi connectivity index (χ3v) is 3.74. The van der Waals surface area contributed by atoms with Gasteiger partial charge >= 0.3 is 0 Å². The lowest BCUT2D eigenvalue weighted by Crippen LogP contribution is -2.44. The summed E-state index contributed by atoms with van der Waals surface area (Å²) in [5, 5.41) is 9.62. The van der Waals surface area contributed by atoms with Crippen LogP contribution in [-0.4, -0.2) is 52.7 Å². The molecular weight excluding hydrogens is 254 g/mol. The maximum Gasteiger partial charge on any atom is 0.223 e. The van der Waals surface area contributed by atoms with Crippen LogP contribution in [0.5, 0.6) is 5.75 Å². The van der Waals surface area contributed by atoms with Crippen LogP contribution in [0.15, 0.2) is 17.1 Å². The van der Waals surface area contributed by atoms with Crippen LogP contribution >= 0.6 is 0 Å². The highest BCUT2D eigenvalue weighted by molar-refractivity contribution is 5.20. The van der Waals surface area contributed by atoms with Crippen LogP contribution in [0, 0.1) is 5.92 Å². The molecule has 0 aromatic carbocycles. The van der Waals surface area contributed by atoms with Crippen molar-refractivity contribution in [2.24, 2.45) is 5.92 Å². The van der Waals surface area contributed by atoms with Gasteiger partial charge in [0.1, 0.15) is 0 Å². The molecule has 5 nitrogen and oxygen atoms in total. The number of pyridine rings is 1. The summed E-state index contributed by atoms with van der Waals surface area (Å²) in [6.45, 7) is 10.0. The third kappa shape index (κ3) is 3.84. The summed E-state index contributed by atoms with van der Waals surface area (Å²) in [5.74, 6) is 0.316. The lowest BCUT2D eigenvalue weighted by molar-refractivity contribution is 0.145. The number of hydrogen-bond acceptors (Lipinski definition) is 4. The molecule has 1 saturated heterocycles.